The lowest BCUT2D eigenvalue weighted by molar-refractivity contribution is -0.133. The van der Waals surface area contributed by atoms with Gasteiger partial charge in [0.25, 0.3) is 0 Å². The first-order valence-corrected chi connectivity index (χ1v) is 8.46. The number of carbonyl (C=O) groups is 1. The maximum atomic E-state index is 12.7. The quantitative estimate of drug-likeness (QED) is 0.717. The van der Waals surface area contributed by atoms with Crippen LogP contribution in [0.25, 0.3) is 5.65 Å². The molecule has 23 heavy (non-hydrogen) atoms. The van der Waals surface area contributed by atoms with Crippen molar-refractivity contribution in [3.63, 3.8) is 0 Å². The third-order valence-electron chi connectivity index (χ3n) is 3.99. The van der Waals surface area contributed by atoms with E-state index < -0.39 is 0 Å². The second-order valence-corrected chi connectivity index (χ2v) is 6.73. The molecule has 1 fully saturated rings. The first-order valence-electron chi connectivity index (χ1n) is 7.58. The number of hydrogen-bond acceptors (Lipinski definition) is 4. The van der Waals surface area contributed by atoms with Crippen molar-refractivity contribution >= 4 is 22.9 Å². The van der Waals surface area contributed by atoms with Gasteiger partial charge in [-0.3, -0.25) is 9.20 Å². The predicted molar refractivity (Wildman–Crippen MR) is 87.3 cm³/mol. The predicted octanol–water partition coefficient (Wildman–Crippen LogP) is 1.75. The fourth-order valence-electron chi connectivity index (χ4n) is 2.67. The third-order valence-corrected chi connectivity index (χ3v) is 4.85. The van der Waals surface area contributed by atoms with Gasteiger partial charge < -0.3 is 4.90 Å². The molecule has 0 aliphatic heterocycles. The fourth-order valence-corrected chi connectivity index (χ4v) is 3.37. The van der Waals surface area contributed by atoms with Gasteiger partial charge in [0.15, 0.2) is 5.65 Å². The number of aromatic nitrogens is 3. The molecule has 0 N–H and O–H groups in total. The molecule has 0 bridgehead atoms. The Morgan fingerprint density at radius 3 is 2.87 bits per heavy atom. The van der Waals surface area contributed by atoms with Crippen LogP contribution in [0.4, 0.5) is 0 Å². The number of thiophene rings is 1. The van der Waals surface area contributed by atoms with Crippen LogP contribution in [0.1, 0.15) is 17.7 Å². The van der Waals surface area contributed by atoms with Crippen molar-refractivity contribution in [3.05, 3.63) is 57.3 Å². The molecule has 0 radical (unpaired) electrons. The minimum atomic E-state index is -0.277. The Hall–Kier alpha value is -2.41. The molecular weight excluding hydrogens is 312 g/mol. The van der Waals surface area contributed by atoms with Crippen LogP contribution in [0.3, 0.4) is 0 Å². The second-order valence-electron chi connectivity index (χ2n) is 5.70. The van der Waals surface area contributed by atoms with E-state index in [-0.39, 0.29) is 18.1 Å². The van der Waals surface area contributed by atoms with Gasteiger partial charge in [-0.2, -0.15) is 0 Å². The summed E-state index contributed by atoms with van der Waals surface area (Å²) in [6.07, 6.45) is 3.74. The number of amides is 1. The highest BCUT2D eigenvalue weighted by Gasteiger charge is 2.33. The summed E-state index contributed by atoms with van der Waals surface area (Å²) in [6, 6.07) is 9.67. The minimum absolute atomic E-state index is 0.0115. The molecule has 7 heteroatoms. The number of rotatable bonds is 5. The molecule has 0 aromatic carbocycles. The molecule has 1 amide bonds. The van der Waals surface area contributed by atoms with Crippen LogP contribution in [-0.4, -0.2) is 31.0 Å². The average molecular weight is 328 g/mol. The van der Waals surface area contributed by atoms with Gasteiger partial charge >= 0.3 is 5.69 Å². The molecular formula is C16H16N4O2S. The lowest BCUT2D eigenvalue weighted by atomic mass is 10.3. The van der Waals surface area contributed by atoms with Crippen LogP contribution in [0, 0.1) is 0 Å². The van der Waals surface area contributed by atoms with Crippen molar-refractivity contribution in [2.45, 2.75) is 32.0 Å². The molecule has 3 heterocycles. The SMILES string of the molecule is O=C(Cn1nc2ccccn2c1=O)N(Cc1cccs1)C1CC1. The van der Waals surface area contributed by atoms with Crippen LogP contribution < -0.4 is 5.69 Å². The minimum Gasteiger partial charge on any atom is -0.333 e. The standard InChI is InChI=1S/C16H16N4O2S/c21-15(19(12-6-7-12)10-13-4-3-9-23-13)11-20-16(22)18-8-2-1-5-14(18)17-20/h1-5,8-9,12H,6-7,10-11H2. The number of fused-ring (bicyclic) bond motifs is 1. The van der Waals surface area contributed by atoms with Gasteiger partial charge in [-0.1, -0.05) is 12.1 Å². The normalized spacial score (nSPS) is 14.3. The van der Waals surface area contributed by atoms with Crippen molar-refractivity contribution < 1.29 is 4.79 Å². The molecule has 1 aliphatic rings. The van der Waals surface area contributed by atoms with E-state index in [9.17, 15) is 9.59 Å². The highest BCUT2D eigenvalue weighted by molar-refractivity contribution is 7.09. The van der Waals surface area contributed by atoms with E-state index in [0.29, 0.717) is 18.2 Å². The topological polar surface area (TPSA) is 59.6 Å². The maximum Gasteiger partial charge on any atom is 0.350 e. The van der Waals surface area contributed by atoms with Crippen LogP contribution in [0.2, 0.25) is 0 Å². The molecule has 0 saturated heterocycles. The van der Waals surface area contributed by atoms with E-state index in [4.69, 9.17) is 0 Å². The van der Waals surface area contributed by atoms with E-state index in [0.717, 1.165) is 17.7 Å². The average Bonchev–Trinajstić information content (AvgIpc) is 3.17. The van der Waals surface area contributed by atoms with Gasteiger partial charge in [-0.05, 0) is 36.4 Å². The first kappa shape index (κ1) is 14.2. The molecule has 4 rings (SSSR count). The lowest BCUT2D eigenvalue weighted by Gasteiger charge is -2.21. The monoisotopic (exact) mass is 328 g/mol. The van der Waals surface area contributed by atoms with E-state index >= 15 is 0 Å². The fraction of sp³-hybridized carbons (Fsp3) is 0.312. The summed E-state index contributed by atoms with van der Waals surface area (Å²) in [5.74, 6) is -0.0496. The first-order chi connectivity index (χ1) is 11.2. The summed E-state index contributed by atoms with van der Waals surface area (Å²) in [7, 11) is 0. The summed E-state index contributed by atoms with van der Waals surface area (Å²) in [5.41, 5.74) is 0.280. The molecule has 3 aromatic heterocycles. The van der Waals surface area contributed by atoms with Gasteiger partial charge in [-0.25, -0.2) is 9.48 Å². The molecule has 0 unspecified atom stereocenters. The van der Waals surface area contributed by atoms with Gasteiger partial charge in [-0.15, -0.1) is 16.4 Å². The van der Waals surface area contributed by atoms with E-state index in [1.807, 2.05) is 28.5 Å². The number of pyridine rings is 1. The van der Waals surface area contributed by atoms with Crippen LogP contribution in [-0.2, 0) is 17.9 Å². The zero-order chi connectivity index (χ0) is 15.8. The number of carbonyl (C=O) groups excluding carboxylic acids is 1. The van der Waals surface area contributed by atoms with Crippen LogP contribution in [0.15, 0.2) is 46.7 Å². The van der Waals surface area contributed by atoms with Crippen LogP contribution >= 0.6 is 11.3 Å². The van der Waals surface area contributed by atoms with Crippen molar-refractivity contribution in [1.29, 1.82) is 0 Å². The van der Waals surface area contributed by atoms with Crippen LogP contribution in [0.5, 0.6) is 0 Å². The summed E-state index contributed by atoms with van der Waals surface area (Å²) in [6.45, 7) is 0.603. The zero-order valence-electron chi connectivity index (χ0n) is 12.5. The summed E-state index contributed by atoms with van der Waals surface area (Å²) in [5, 5.41) is 6.25. The molecule has 1 saturated carbocycles. The summed E-state index contributed by atoms with van der Waals surface area (Å²) in [4.78, 5) is 28.0. The smallest absolute Gasteiger partial charge is 0.333 e. The Balaban J connectivity index is 1.57. The van der Waals surface area contributed by atoms with E-state index in [2.05, 4.69) is 5.10 Å². The molecule has 6 nitrogen and oxygen atoms in total. The molecule has 118 valence electrons. The Morgan fingerprint density at radius 2 is 2.17 bits per heavy atom. The van der Waals surface area contributed by atoms with E-state index in [1.165, 1.54) is 9.08 Å². The summed E-state index contributed by atoms with van der Waals surface area (Å²) < 4.78 is 2.70. The van der Waals surface area contributed by atoms with Crippen molar-refractivity contribution in [2.24, 2.45) is 0 Å². The van der Waals surface area contributed by atoms with Gasteiger partial charge in [0, 0.05) is 17.1 Å². The van der Waals surface area contributed by atoms with E-state index in [1.54, 1.807) is 29.7 Å². The largest absolute Gasteiger partial charge is 0.350 e. The van der Waals surface area contributed by atoms with Gasteiger partial charge in [0.2, 0.25) is 5.91 Å². The Bertz CT molecular complexity index is 892. The Morgan fingerprint density at radius 1 is 1.30 bits per heavy atom. The Kier molecular flexibility index (Phi) is 3.49. The number of hydrogen-bond donors (Lipinski definition) is 0. The Labute approximate surface area is 136 Å². The molecule has 3 aromatic rings. The number of nitrogens with zero attached hydrogens (tertiary/aromatic N) is 4. The lowest BCUT2D eigenvalue weighted by Crippen LogP contribution is -2.37. The second kappa shape index (κ2) is 5.66. The maximum absolute atomic E-state index is 12.7. The molecule has 0 atom stereocenters. The zero-order valence-corrected chi connectivity index (χ0v) is 13.3. The van der Waals surface area contributed by atoms with Gasteiger partial charge in [0.1, 0.15) is 6.54 Å². The third kappa shape index (κ3) is 2.79. The van der Waals surface area contributed by atoms with Crippen molar-refractivity contribution in [1.82, 2.24) is 19.1 Å². The molecule has 1 aliphatic carbocycles. The highest BCUT2D eigenvalue weighted by Crippen LogP contribution is 2.29. The van der Waals surface area contributed by atoms with Crippen molar-refractivity contribution in [2.75, 3.05) is 0 Å². The summed E-state index contributed by atoms with van der Waals surface area (Å²) >= 11 is 1.64. The van der Waals surface area contributed by atoms with Gasteiger partial charge in [0.05, 0.1) is 6.54 Å². The highest BCUT2D eigenvalue weighted by atomic mass is 32.1. The van der Waals surface area contributed by atoms with Crippen molar-refractivity contribution in [3.8, 4) is 0 Å². The molecule has 0 spiro atoms.